The largest absolute Gasteiger partial charge is 0.469 e. The summed E-state index contributed by atoms with van der Waals surface area (Å²) in [5, 5.41) is 0. The van der Waals surface area contributed by atoms with Gasteiger partial charge in [-0.15, -0.1) is 0 Å². The van der Waals surface area contributed by atoms with Gasteiger partial charge in [-0.05, 0) is 33.3 Å². The molecule has 0 aromatic heterocycles. The van der Waals surface area contributed by atoms with Gasteiger partial charge in [0.1, 0.15) is 5.60 Å². The molecule has 0 spiro atoms. The highest BCUT2D eigenvalue weighted by molar-refractivity contribution is 5.95. The zero-order valence-corrected chi connectivity index (χ0v) is 13.3. The van der Waals surface area contributed by atoms with Crippen molar-refractivity contribution in [2.75, 3.05) is 14.2 Å². The molecule has 0 amide bonds. The summed E-state index contributed by atoms with van der Waals surface area (Å²) in [7, 11) is 2.48. The summed E-state index contributed by atoms with van der Waals surface area (Å²) in [6, 6.07) is 0. The van der Waals surface area contributed by atoms with Crippen LogP contribution in [0.3, 0.4) is 0 Å². The molecule has 21 heavy (non-hydrogen) atoms. The zero-order chi connectivity index (χ0) is 16.6. The van der Waals surface area contributed by atoms with Crippen molar-refractivity contribution in [1.82, 2.24) is 0 Å². The topological polar surface area (TPSA) is 78.9 Å². The van der Waals surface area contributed by atoms with Crippen molar-refractivity contribution >= 4 is 17.9 Å². The van der Waals surface area contributed by atoms with Gasteiger partial charge in [0.05, 0.1) is 26.2 Å². The first-order valence-electron chi connectivity index (χ1n) is 6.36. The maximum atomic E-state index is 12.1. The van der Waals surface area contributed by atoms with Crippen LogP contribution in [0.1, 0.15) is 34.1 Å². The maximum absolute atomic E-state index is 12.1. The highest BCUT2D eigenvalue weighted by atomic mass is 16.6. The van der Waals surface area contributed by atoms with E-state index in [2.05, 4.69) is 9.47 Å². The van der Waals surface area contributed by atoms with Crippen LogP contribution in [0.5, 0.6) is 0 Å². The van der Waals surface area contributed by atoms with Gasteiger partial charge in [0.2, 0.25) is 0 Å². The highest BCUT2D eigenvalue weighted by Gasteiger charge is 2.23. The average Bonchev–Trinajstić information content (AvgIpc) is 2.39. The van der Waals surface area contributed by atoms with Crippen LogP contribution < -0.4 is 0 Å². The fourth-order valence-corrected chi connectivity index (χ4v) is 1.29. The van der Waals surface area contributed by atoms with Gasteiger partial charge in [-0.2, -0.15) is 0 Å². The Morgan fingerprint density at radius 2 is 1.57 bits per heavy atom. The number of hydrogen-bond donors (Lipinski definition) is 0. The first-order chi connectivity index (χ1) is 9.60. The van der Waals surface area contributed by atoms with Crippen molar-refractivity contribution in [3.8, 4) is 0 Å². The predicted octanol–water partition coefficient (Wildman–Crippen LogP) is 1.94. The molecule has 0 aromatic carbocycles. The molecule has 6 nitrogen and oxygen atoms in total. The fraction of sp³-hybridized carbons (Fsp3) is 0.533. The predicted molar refractivity (Wildman–Crippen MR) is 76.3 cm³/mol. The Balaban J connectivity index is 5.38. The number of methoxy groups -OCH3 is 2. The second-order valence-corrected chi connectivity index (χ2v) is 5.27. The van der Waals surface area contributed by atoms with Crippen LogP contribution >= 0.6 is 0 Å². The minimum absolute atomic E-state index is 0.136. The van der Waals surface area contributed by atoms with Gasteiger partial charge in [0.25, 0.3) is 0 Å². The van der Waals surface area contributed by atoms with Crippen LogP contribution in [0.25, 0.3) is 0 Å². The lowest BCUT2D eigenvalue weighted by Gasteiger charge is -2.21. The number of esters is 3. The van der Waals surface area contributed by atoms with Gasteiger partial charge in [-0.3, -0.25) is 4.79 Å². The Kier molecular flexibility index (Phi) is 7.41. The molecule has 0 N–H and O–H groups in total. The summed E-state index contributed by atoms with van der Waals surface area (Å²) in [6.07, 6.45) is 2.33. The van der Waals surface area contributed by atoms with Crippen LogP contribution in [0.15, 0.2) is 23.3 Å². The summed E-state index contributed by atoms with van der Waals surface area (Å²) in [5.41, 5.74) is -0.123. The molecular formula is C15H22O6. The standard InChI is InChI=1S/C15H22O6/c1-10(7-8-12(16)19-5)11(9-13(17)20-6)14(18)21-15(2,3)4/h7-8H,9H2,1-6H3/b8-7+,11-10-. The van der Waals surface area contributed by atoms with Crippen molar-refractivity contribution in [2.45, 2.75) is 39.7 Å². The van der Waals surface area contributed by atoms with E-state index in [4.69, 9.17) is 4.74 Å². The molecule has 0 aliphatic carbocycles. The smallest absolute Gasteiger partial charge is 0.335 e. The molecule has 0 radical (unpaired) electrons. The number of rotatable bonds is 5. The van der Waals surface area contributed by atoms with Crippen molar-refractivity contribution in [3.63, 3.8) is 0 Å². The van der Waals surface area contributed by atoms with E-state index in [0.29, 0.717) is 5.57 Å². The number of carbonyl (C=O) groups is 3. The summed E-state index contributed by atoms with van der Waals surface area (Å²) in [6.45, 7) is 6.77. The summed E-state index contributed by atoms with van der Waals surface area (Å²) in [5.74, 6) is -1.75. The van der Waals surface area contributed by atoms with Gasteiger partial charge in [-0.1, -0.05) is 6.08 Å². The third-order valence-electron chi connectivity index (χ3n) is 2.34. The number of ether oxygens (including phenoxy) is 3. The van der Waals surface area contributed by atoms with E-state index in [1.54, 1.807) is 27.7 Å². The molecule has 0 unspecified atom stereocenters. The molecule has 0 aliphatic heterocycles. The Labute approximate surface area is 124 Å². The molecule has 0 heterocycles. The van der Waals surface area contributed by atoms with Crippen LogP contribution in [0, 0.1) is 0 Å². The Morgan fingerprint density at radius 1 is 1.00 bits per heavy atom. The second kappa shape index (κ2) is 8.24. The number of carbonyl (C=O) groups excluding carboxylic acids is 3. The third kappa shape index (κ3) is 7.91. The molecule has 118 valence electrons. The van der Waals surface area contributed by atoms with Gasteiger partial charge in [-0.25, -0.2) is 9.59 Å². The Bertz CT molecular complexity index is 465. The molecular weight excluding hydrogens is 276 g/mol. The molecule has 0 aliphatic rings. The van der Waals surface area contributed by atoms with E-state index < -0.39 is 23.5 Å². The van der Waals surface area contributed by atoms with Gasteiger partial charge >= 0.3 is 17.9 Å². The van der Waals surface area contributed by atoms with E-state index in [0.717, 1.165) is 6.08 Å². The molecule has 0 aromatic rings. The van der Waals surface area contributed by atoms with Crippen molar-refractivity contribution in [3.05, 3.63) is 23.3 Å². The monoisotopic (exact) mass is 298 g/mol. The SMILES string of the molecule is COC(=O)/C=C/C(C)=C(/CC(=O)OC)C(=O)OC(C)(C)C. The van der Waals surface area contributed by atoms with E-state index >= 15 is 0 Å². The lowest BCUT2D eigenvalue weighted by molar-refractivity contribution is -0.152. The minimum Gasteiger partial charge on any atom is -0.469 e. The van der Waals surface area contributed by atoms with E-state index in [1.165, 1.54) is 20.3 Å². The summed E-state index contributed by atoms with van der Waals surface area (Å²) >= 11 is 0. The second-order valence-electron chi connectivity index (χ2n) is 5.27. The van der Waals surface area contributed by atoms with Crippen LogP contribution in [-0.2, 0) is 28.6 Å². The van der Waals surface area contributed by atoms with E-state index in [9.17, 15) is 14.4 Å². The minimum atomic E-state index is -0.690. The maximum Gasteiger partial charge on any atom is 0.335 e. The van der Waals surface area contributed by atoms with Crippen molar-refractivity contribution in [2.24, 2.45) is 0 Å². The zero-order valence-electron chi connectivity index (χ0n) is 13.3. The number of allylic oxidation sites excluding steroid dienone is 2. The van der Waals surface area contributed by atoms with Crippen LogP contribution in [0.2, 0.25) is 0 Å². The molecule has 6 heteroatoms. The van der Waals surface area contributed by atoms with Crippen molar-refractivity contribution < 1.29 is 28.6 Å². The van der Waals surface area contributed by atoms with Gasteiger partial charge < -0.3 is 14.2 Å². The van der Waals surface area contributed by atoms with Crippen LogP contribution in [-0.4, -0.2) is 37.7 Å². The first kappa shape index (κ1) is 18.9. The molecule has 0 saturated heterocycles. The number of hydrogen-bond acceptors (Lipinski definition) is 6. The van der Waals surface area contributed by atoms with Crippen molar-refractivity contribution in [1.29, 1.82) is 0 Å². The molecule has 0 bridgehead atoms. The molecule has 0 atom stereocenters. The first-order valence-corrected chi connectivity index (χ1v) is 6.36. The molecule has 0 saturated carbocycles. The molecule has 0 rings (SSSR count). The van der Waals surface area contributed by atoms with Gasteiger partial charge in [0, 0.05) is 6.08 Å². The Hall–Kier alpha value is -2.11. The highest BCUT2D eigenvalue weighted by Crippen LogP contribution is 2.18. The summed E-state index contributed by atoms with van der Waals surface area (Å²) in [4.78, 5) is 34.6. The Morgan fingerprint density at radius 3 is 2.00 bits per heavy atom. The fourth-order valence-electron chi connectivity index (χ4n) is 1.29. The molecule has 0 fully saturated rings. The normalized spacial score (nSPS) is 12.7. The van der Waals surface area contributed by atoms with E-state index in [1.807, 2.05) is 0 Å². The van der Waals surface area contributed by atoms with Crippen LogP contribution in [0.4, 0.5) is 0 Å². The lowest BCUT2D eigenvalue weighted by Crippen LogP contribution is -2.26. The average molecular weight is 298 g/mol. The van der Waals surface area contributed by atoms with E-state index in [-0.39, 0.29) is 12.0 Å². The third-order valence-corrected chi connectivity index (χ3v) is 2.34. The van der Waals surface area contributed by atoms with Gasteiger partial charge in [0.15, 0.2) is 0 Å². The lowest BCUT2D eigenvalue weighted by atomic mass is 10.1. The summed E-state index contributed by atoms with van der Waals surface area (Å²) < 4.78 is 14.3. The quantitative estimate of drug-likeness (QED) is 0.334.